The van der Waals surface area contributed by atoms with E-state index < -0.39 is 29.5 Å². The number of aromatic nitrogens is 3. The molecule has 2 aromatic heterocycles. The van der Waals surface area contributed by atoms with Gasteiger partial charge in [0.05, 0.1) is 0 Å². The van der Waals surface area contributed by atoms with Gasteiger partial charge in [-0.2, -0.15) is 0 Å². The van der Waals surface area contributed by atoms with Crippen LogP contribution in [0.25, 0.3) is 11.0 Å². The number of methoxy groups -OCH3 is 1. The molecule has 0 radical (unpaired) electrons. The summed E-state index contributed by atoms with van der Waals surface area (Å²) in [4.78, 5) is 19.0. The van der Waals surface area contributed by atoms with Crippen LogP contribution in [-0.4, -0.2) is 64.9 Å². The standard InChI is InChI=1S/C19H18N6O5Se/c1-29-16-12(8-31-13-5-3-2-4-11(13)25(27)28)30-19(15(16)26)24-7-10(6-20)14-17(21)22-9-23-18(14)24/h2-5,7,9,12,15-16,19,26H,8H2,1H3,(H2,21,22,23)/t12-,15-,16-,19-/m1/s1. The van der Waals surface area contributed by atoms with Crippen molar-refractivity contribution in [2.75, 3.05) is 12.8 Å². The predicted molar refractivity (Wildman–Crippen MR) is 111 cm³/mol. The third kappa shape index (κ3) is 3.74. The Morgan fingerprint density at radius 2 is 2.23 bits per heavy atom. The molecule has 1 fully saturated rings. The molecule has 12 heteroatoms. The number of nitro groups is 1. The number of ether oxygens (including phenoxy) is 2. The number of nitrogens with zero attached hydrogens (tertiary/aromatic N) is 5. The molecule has 0 aliphatic carbocycles. The number of anilines is 1. The summed E-state index contributed by atoms with van der Waals surface area (Å²) in [6.45, 7) is 0. The average Bonchev–Trinajstić information content (AvgIpc) is 3.30. The molecule has 11 nitrogen and oxygen atoms in total. The number of nitrogens with two attached hydrogens (primary N) is 1. The number of aliphatic hydroxyl groups excluding tert-OH is 1. The molecule has 1 aromatic carbocycles. The van der Waals surface area contributed by atoms with Gasteiger partial charge in [-0.3, -0.25) is 0 Å². The van der Waals surface area contributed by atoms with E-state index in [4.69, 9.17) is 15.2 Å². The second-order valence-corrected chi connectivity index (χ2v) is 9.04. The minimum absolute atomic E-state index is 0.0637. The Morgan fingerprint density at radius 3 is 2.94 bits per heavy atom. The minimum atomic E-state index is -1.05. The summed E-state index contributed by atoms with van der Waals surface area (Å²) in [6.07, 6.45) is -0.278. The van der Waals surface area contributed by atoms with E-state index in [1.54, 1.807) is 22.8 Å². The molecule has 31 heavy (non-hydrogen) atoms. The van der Waals surface area contributed by atoms with Crippen molar-refractivity contribution in [3.63, 3.8) is 0 Å². The third-order valence-corrected chi connectivity index (χ3v) is 7.50. The van der Waals surface area contributed by atoms with Gasteiger partial charge in [-0.1, -0.05) is 0 Å². The Balaban J connectivity index is 1.62. The molecule has 0 amide bonds. The van der Waals surface area contributed by atoms with Crippen LogP contribution in [0.2, 0.25) is 5.32 Å². The summed E-state index contributed by atoms with van der Waals surface area (Å²) < 4.78 is 13.8. The molecular weight excluding hydrogens is 471 g/mol. The first kappa shape index (κ1) is 21.2. The molecule has 1 saturated heterocycles. The van der Waals surface area contributed by atoms with E-state index in [0.29, 0.717) is 20.8 Å². The van der Waals surface area contributed by atoms with Gasteiger partial charge in [0.25, 0.3) is 0 Å². The second kappa shape index (κ2) is 8.58. The van der Waals surface area contributed by atoms with Gasteiger partial charge in [0.1, 0.15) is 0 Å². The van der Waals surface area contributed by atoms with Crippen molar-refractivity contribution in [2.45, 2.75) is 29.9 Å². The Morgan fingerprint density at radius 1 is 1.45 bits per heavy atom. The number of benzene rings is 1. The Labute approximate surface area is 182 Å². The summed E-state index contributed by atoms with van der Waals surface area (Å²) >= 11 is -0.289. The number of nitriles is 1. The van der Waals surface area contributed by atoms with E-state index in [2.05, 4.69) is 16.0 Å². The van der Waals surface area contributed by atoms with Gasteiger partial charge < -0.3 is 0 Å². The maximum absolute atomic E-state index is 11.3. The quantitative estimate of drug-likeness (QED) is 0.285. The topological polar surface area (TPSA) is 162 Å². The fourth-order valence-electron chi connectivity index (χ4n) is 3.66. The first-order valence-corrected chi connectivity index (χ1v) is 11.3. The molecule has 3 aromatic rings. The van der Waals surface area contributed by atoms with Crippen LogP contribution in [0.4, 0.5) is 11.5 Å². The summed E-state index contributed by atoms with van der Waals surface area (Å²) in [7, 11) is 1.47. The molecule has 0 spiro atoms. The Bertz CT molecular complexity index is 1180. The summed E-state index contributed by atoms with van der Waals surface area (Å²) in [6, 6.07) is 8.63. The van der Waals surface area contributed by atoms with Crippen LogP contribution in [0.15, 0.2) is 36.8 Å². The number of nitrogen functional groups attached to an aromatic ring is 1. The van der Waals surface area contributed by atoms with Gasteiger partial charge in [0.15, 0.2) is 0 Å². The summed E-state index contributed by atoms with van der Waals surface area (Å²) in [5.41, 5.74) is 6.62. The van der Waals surface area contributed by atoms with Crippen LogP contribution >= 0.6 is 0 Å². The fourth-order valence-corrected chi connectivity index (χ4v) is 5.92. The number of fused-ring (bicyclic) bond motifs is 1. The van der Waals surface area contributed by atoms with E-state index in [1.165, 1.54) is 25.7 Å². The van der Waals surface area contributed by atoms with Crippen LogP contribution in [0, 0.1) is 21.4 Å². The van der Waals surface area contributed by atoms with E-state index >= 15 is 0 Å². The summed E-state index contributed by atoms with van der Waals surface area (Å²) in [5.74, 6) is 0.160. The predicted octanol–water partition coefficient (Wildman–Crippen LogP) is 0.515. The molecule has 0 unspecified atom stereocenters. The maximum atomic E-state index is 11.3. The van der Waals surface area contributed by atoms with Crippen molar-refractivity contribution >= 4 is 42.0 Å². The zero-order chi connectivity index (χ0) is 22.1. The van der Waals surface area contributed by atoms with E-state index in [1.807, 2.05) is 0 Å². The molecule has 4 rings (SSSR count). The SMILES string of the molecule is CO[C@H]1[C@@H](O)[C@H](n2cc(C#N)c3c(N)ncnc32)O[C@@H]1C[Se]c1ccccc1[N+](=O)[O-]. The number of nitro benzene ring substituents is 1. The zero-order valence-electron chi connectivity index (χ0n) is 16.3. The monoisotopic (exact) mass is 490 g/mol. The number of hydrogen-bond donors (Lipinski definition) is 2. The Kier molecular flexibility index (Phi) is 5.86. The van der Waals surface area contributed by atoms with Crippen molar-refractivity contribution in [2.24, 2.45) is 0 Å². The zero-order valence-corrected chi connectivity index (χ0v) is 18.0. The molecule has 1 aliphatic rings. The van der Waals surface area contributed by atoms with Gasteiger partial charge >= 0.3 is 182 Å². The van der Waals surface area contributed by atoms with Crippen LogP contribution in [0.3, 0.4) is 0 Å². The van der Waals surface area contributed by atoms with Crippen molar-refractivity contribution in [1.29, 1.82) is 5.26 Å². The van der Waals surface area contributed by atoms with Gasteiger partial charge in [-0.25, -0.2) is 0 Å². The molecule has 0 saturated carbocycles. The molecule has 3 heterocycles. The molecule has 1 aliphatic heterocycles. The van der Waals surface area contributed by atoms with Gasteiger partial charge in [-0.15, -0.1) is 0 Å². The van der Waals surface area contributed by atoms with Gasteiger partial charge in [0.2, 0.25) is 0 Å². The van der Waals surface area contributed by atoms with Crippen LogP contribution in [0.5, 0.6) is 0 Å². The second-order valence-electron chi connectivity index (χ2n) is 6.81. The number of hydrogen-bond acceptors (Lipinski definition) is 9. The average molecular weight is 489 g/mol. The van der Waals surface area contributed by atoms with Crippen molar-refractivity contribution in [3.8, 4) is 6.07 Å². The molecule has 3 N–H and O–H groups in total. The number of para-hydroxylation sites is 1. The van der Waals surface area contributed by atoms with E-state index in [9.17, 15) is 20.5 Å². The summed E-state index contributed by atoms with van der Waals surface area (Å²) in [5, 5.41) is 32.5. The first-order valence-electron chi connectivity index (χ1n) is 9.20. The molecular formula is C19H18N6O5Se. The Hall–Kier alpha value is -3.07. The number of aliphatic hydroxyl groups is 1. The fraction of sp³-hybridized carbons (Fsp3) is 0.316. The van der Waals surface area contributed by atoms with Crippen molar-refractivity contribution < 1.29 is 19.5 Å². The normalized spacial score (nSPS) is 23.1. The van der Waals surface area contributed by atoms with Crippen LogP contribution < -0.4 is 10.2 Å². The molecule has 4 atom stereocenters. The van der Waals surface area contributed by atoms with E-state index in [0.717, 1.165) is 0 Å². The third-order valence-electron chi connectivity index (χ3n) is 5.08. The van der Waals surface area contributed by atoms with Crippen LogP contribution in [-0.2, 0) is 9.47 Å². The molecule has 0 bridgehead atoms. The first-order chi connectivity index (χ1) is 15.0. The van der Waals surface area contributed by atoms with Gasteiger partial charge in [0, 0.05) is 0 Å². The number of rotatable bonds is 6. The molecule has 160 valence electrons. The van der Waals surface area contributed by atoms with Crippen LogP contribution in [0.1, 0.15) is 11.8 Å². The van der Waals surface area contributed by atoms with Crippen molar-refractivity contribution in [1.82, 2.24) is 14.5 Å². The van der Waals surface area contributed by atoms with E-state index in [-0.39, 0.29) is 32.0 Å². The van der Waals surface area contributed by atoms with Gasteiger partial charge in [-0.05, 0) is 0 Å². The van der Waals surface area contributed by atoms with Crippen molar-refractivity contribution in [3.05, 3.63) is 52.5 Å².